The summed E-state index contributed by atoms with van der Waals surface area (Å²) >= 11 is 0. The van der Waals surface area contributed by atoms with Crippen LogP contribution in [0.1, 0.15) is 31.9 Å². The Bertz CT molecular complexity index is 1100. The van der Waals surface area contributed by atoms with Gasteiger partial charge in [-0.15, -0.1) is 0 Å². The van der Waals surface area contributed by atoms with E-state index in [1.165, 1.54) is 34.2 Å². The Morgan fingerprint density at radius 1 is 0.964 bits per heavy atom. The third kappa shape index (κ3) is 3.64. The number of rotatable bonds is 1. The van der Waals surface area contributed by atoms with Crippen molar-refractivity contribution in [2.24, 2.45) is 0 Å². The number of nitrogens with zero attached hydrogens (tertiary/aromatic N) is 1. The minimum absolute atomic E-state index is 0.0666. The highest BCUT2D eigenvalue weighted by Gasteiger charge is 2.40. The highest BCUT2D eigenvalue weighted by Crippen LogP contribution is 2.47. The molecule has 3 aromatic carbocycles. The molecular formula is C23H27NO3S. The summed E-state index contributed by atoms with van der Waals surface area (Å²) in [5.74, 6) is 0. The lowest BCUT2D eigenvalue weighted by atomic mass is 9.81. The molecule has 0 amide bonds. The van der Waals surface area contributed by atoms with E-state index in [9.17, 15) is 8.42 Å². The standard InChI is InChI=1S/C16H19N.C7H8O3S/c1-11-16(2,3)14-10-9-12-7-5-6-8-13(12)15(14)17(11)4;1-6-2-4-7(5-3-6)11(8,9)10/h5-11H,1-4H3;2-5H,1H3,(H,8,9,10). The van der Waals surface area contributed by atoms with E-state index in [-0.39, 0.29) is 10.3 Å². The van der Waals surface area contributed by atoms with E-state index in [1.807, 2.05) is 6.92 Å². The molecule has 3 aromatic rings. The second-order valence-electron chi connectivity index (χ2n) is 7.98. The summed E-state index contributed by atoms with van der Waals surface area (Å²) in [6.45, 7) is 8.84. The molecule has 0 fully saturated rings. The van der Waals surface area contributed by atoms with Gasteiger partial charge in [-0.2, -0.15) is 8.42 Å². The smallest absolute Gasteiger partial charge is 0.294 e. The maximum absolute atomic E-state index is 10.5. The molecule has 0 bridgehead atoms. The molecular weight excluding hydrogens is 370 g/mol. The van der Waals surface area contributed by atoms with Crippen LogP contribution in [-0.2, 0) is 15.5 Å². The Morgan fingerprint density at radius 2 is 1.57 bits per heavy atom. The molecule has 0 saturated heterocycles. The van der Waals surface area contributed by atoms with E-state index < -0.39 is 10.1 Å². The Hall–Kier alpha value is -2.37. The van der Waals surface area contributed by atoms with Crippen LogP contribution in [0.25, 0.3) is 10.8 Å². The van der Waals surface area contributed by atoms with E-state index >= 15 is 0 Å². The van der Waals surface area contributed by atoms with Crippen LogP contribution in [0.3, 0.4) is 0 Å². The van der Waals surface area contributed by atoms with Gasteiger partial charge in [0.15, 0.2) is 0 Å². The summed E-state index contributed by atoms with van der Waals surface area (Å²) in [7, 11) is -1.81. The highest BCUT2D eigenvalue weighted by molar-refractivity contribution is 7.85. The molecule has 0 saturated carbocycles. The van der Waals surface area contributed by atoms with Gasteiger partial charge >= 0.3 is 0 Å². The predicted molar refractivity (Wildman–Crippen MR) is 116 cm³/mol. The van der Waals surface area contributed by atoms with Crippen molar-refractivity contribution in [1.29, 1.82) is 0 Å². The van der Waals surface area contributed by atoms with Gasteiger partial charge in [0.2, 0.25) is 0 Å². The lowest BCUT2D eigenvalue weighted by Gasteiger charge is -2.28. The summed E-state index contributed by atoms with van der Waals surface area (Å²) in [6.07, 6.45) is 0. The third-order valence-electron chi connectivity index (χ3n) is 5.89. The molecule has 1 unspecified atom stereocenters. The van der Waals surface area contributed by atoms with Crippen LogP contribution in [0.5, 0.6) is 0 Å². The Balaban J connectivity index is 0.000000178. The molecule has 4 nitrogen and oxygen atoms in total. The largest absolute Gasteiger partial charge is 0.370 e. The van der Waals surface area contributed by atoms with Crippen LogP contribution in [0.2, 0.25) is 0 Å². The van der Waals surface area contributed by atoms with Crippen molar-refractivity contribution in [3.8, 4) is 0 Å². The Kier molecular flexibility index (Phi) is 5.26. The van der Waals surface area contributed by atoms with Gasteiger partial charge < -0.3 is 4.90 Å². The van der Waals surface area contributed by atoms with Crippen molar-refractivity contribution in [2.75, 3.05) is 11.9 Å². The first-order valence-corrected chi connectivity index (χ1v) is 10.8. The van der Waals surface area contributed by atoms with Crippen molar-refractivity contribution in [1.82, 2.24) is 0 Å². The molecule has 0 aliphatic carbocycles. The molecule has 1 N–H and O–H groups in total. The van der Waals surface area contributed by atoms with Gasteiger partial charge in [-0.25, -0.2) is 0 Å². The monoisotopic (exact) mass is 397 g/mol. The second kappa shape index (κ2) is 7.22. The quantitative estimate of drug-likeness (QED) is 0.574. The molecule has 1 heterocycles. The van der Waals surface area contributed by atoms with Crippen LogP contribution in [0, 0.1) is 6.92 Å². The average molecular weight is 398 g/mol. The first kappa shape index (κ1) is 20.4. The van der Waals surface area contributed by atoms with Gasteiger partial charge in [0.25, 0.3) is 10.1 Å². The van der Waals surface area contributed by atoms with Crippen LogP contribution in [0.15, 0.2) is 65.6 Å². The molecule has 148 valence electrons. The van der Waals surface area contributed by atoms with E-state index in [2.05, 4.69) is 69.1 Å². The molecule has 0 radical (unpaired) electrons. The van der Waals surface area contributed by atoms with E-state index in [1.54, 1.807) is 12.1 Å². The number of hydrogen-bond donors (Lipinski definition) is 1. The lowest BCUT2D eigenvalue weighted by molar-refractivity contribution is 0.454. The summed E-state index contributed by atoms with van der Waals surface area (Å²) in [5.41, 5.74) is 4.08. The maximum Gasteiger partial charge on any atom is 0.294 e. The van der Waals surface area contributed by atoms with Gasteiger partial charge in [0.1, 0.15) is 0 Å². The minimum atomic E-state index is -4.02. The Labute approximate surface area is 167 Å². The van der Waals surface area contributed by atoms with Gasteiger partial charge in [-0.05, 0) is 36.9 Å². The number of hydrogen-bond acceptors (Lipinski definition) is 3. The van der Waals surface area contributed by atoms with Crippen LogP contribution in [0.4, 0.5) is 5.69 Å². The Morgan fingerprint density at radius 3 is 2.18 bits per heavy atom. The van der Waals surface area contributed by atoms with E-state index in [0.717, 1.165) is 5.56 Å². The van der Waals surface area contributed by atoms with E-state index in [0.29, 0.717) is 6.04 Å². The van der Waals surface area contributed by atoms with Gasteiger partial charge in [-0.1, -0.05) is 67.9 Å². The van der Waals surface area contributed by atoms with Crippen LogP contribution in [-0.4, -0.2) is 26.1 Å². The number of likely N-dealkylation sites (N-methyl/N-ethyl adjacent to an activating group) is 1. The fourth-order valence-corrected chi connectivity index (χ4v) is 4.25. The summed E-state index contributed by atoms with van der Waals surface area (Å²) in [6, 6.07) is 19.8. The number of aryl methyl sites for hydroxylation is 1. The molecule has 0 spiro atoms. The molecule has 0 aromatic heterocycles. The van der Waals surface area contributed by atoms with E-state index in [4.69, 9.17) is 4.55 Å². The number of benzene rings is 3. The maximum atomic E-state index is 10.5. The van der Waals surface area contributed by atoms with Crippen molar-refractivity contribution in [3.63, 3.8) is 0 Å². The van der Waals surface area contributed by atoms with Crippen molar-refractivity contribution in [2.45, 2.75) is 44.0 Å². The highest BCUT2D eigenvalue weighted by atomic mass is 32.2. The minimum Gasteiger partial charge on any atom is -0.370 e. The van der Waals surface area contributed by atoms with Crippen molar-refractivity contribution >= 4 is 26.6 Å². The summed E-state index contributed by atoms with van der Waals surface area (Å²) in [5, 5.41) is 2.72. The van der Waals surface area contributed by atoms with Gasteiger partial charge in [0, 0.05) is 29.6 Å². The van der Waals surface area contributed by atoms with Crippen LogP contribution >= 0.6 is 0 Å². The first-order valence-electron chi connectivity index (χ1n) is 9.32. The lowest BCUT2D eigenvalue weighted by Crippen LogP contribution is -2.36. The zero-order chi connectivity index (χ0) is 20.7. The van der Waals surface area contributed by atoms with Crippen molar-refractivity contribution in [3.05, 3.63) is 71.8 Å². The zero-order valence-corrected chi connectivity index (χ0v) is 17.8. The fourth-order valence-electron chi connectivity index (χ4n) is 3.77. The van der Waals surface area contributed by atoms with Crippen LogP contribution < -0.4 is 4.90 Å². The molecule has 4 rings (SSSR count). The molecule has 1 aliphatic rings. The third-order valence-corrected chi connectivity index (χ3v) is 6.76. The predicted octanol–water partition coefficient (Wildman–Crippen LogP) is 5.20. The molecule has 1 atom stereocenters. The fraction of sp³-hybridized carbons (Fsp3) is 0.304. The molecule has 5 heteroatoms. The van der Waals surface area contributed by atoms with Crippen molar-refractivity contribution < 1.29 is 13.0 Å². The second-order valence-corrected chi connectivity index (χ2v) is 9.40. The summed E-state index contributed by atoms with van der Waals surface area (Å²) in [4.78, 5) is 2.36. The number of anilines is 1. The first-order chi connectivity index (χ1) is 13.0. The van der Waals surface area contributed by atoms with Gasteiger partial charge in [0.05, 0.1) is 4.90 Å². The summed E-state index contributed by atoms with van der Waals surface area (Å²) < 4.78 is 29.6. The number of fused-ring (bicyclic) bond motifs is 3. The SMILES string of the molecule is CC1N(C)c2c(ccc3ccccc23)C1(C)C.Cc1ccc(S(=O)(=O)O)cc1. The molecule has 1 aliphatic heterocycles. The topological polar surface area (TPSA) is 57.6 Å². The average Bonchev–Trinajstić information content (AvgIpc) is 2.82. The normalized spacial score (nSPS) is 17.8. The zero-order valence-electron chi connectivity index (χ0n) is 17.0. The van der Waals surface area contributed by atoms with Gasteiger partial charge in [-0.3, -0.25) is 4.55 Å². The molecule has 28 heavy (non-hydrogen) atoms.